The quantitative estimate of drug-likeness (QED) is 0.705. The smallest absolute Gasteiger partial charge is 0.250 e. The zero-order chi connectivity index (χ0) is 22.3. The molecular weight excluding hydrogens is 396 g/mol. The molecule has 2 amide bonds. The number of carbonyl (C=O) groups is 2. The number of carbonyl (C=O) groups excluding carboxylic acids is 2. The Hall–Kier alpha value is -3.36. The van der Waals surface area contributed by atoms with E-state index in [9.17, 15) is 9.59 Å². The number of nitrogens with two attached hydrogens (primary N) is 2. The third-order valence-corrected chi connectivity index (χ3v) is 6.32. The SMILES string of the molecule is CCC1C(=O)N(C)c2cnc(-c3ccc(C(N)=O)c(N)c3OC)nc2N1C1CCCC1. The molecule has 0 saturated heterocycles. The third kappa shape index (κ3) is 3.34. The number of rotatable bonds is 5. The molecule has 164 valence electrons. The van der Waals surface area contributed by atoms with E-state index in [4.69, 9.17) is 21.2 Å². The summed E-state index contributed by atoms with van der Waals surface area (Å²) in [5.74, 6) is 0.887. The predicted molar refractivity (Wildman–Crippen MR) is 119 cm³/mol. The molecule has 1 aromatic carbocycles. The van der Waals surface area contributed by atoms with Gasteiger partial charge in [0.05, 0.1) is 30.1 Å². The van der Waals surface area contributed by atoms with Crippen molar-refractivity contribution in [3.8, 4) is 17.1 Å². The lowest BCUT2D eigenvalue weighted by atomic mass is 10.0. The fourth-order valence-corrected chi connectivity index (χ4v) is 4.72. The Kier molecular flexibility index (Phi) is 5.43. The molecule has 2 aliphatic rings. The van der Waals surface area contributed by atoms with Crippen LogP contribution in [0.5, 0.6) is 5.75 Å². The van der Waals surface area contributed by atoms with Gasteiger partial charge in [-0.2, -0.15) is 0 Å². The molecule has 9 heteroatoms. The first-order valence-corrected chi connectivity index (χ1v) is 10.6. The Morgan fingerprint density at radius 3 is 2.61 bits per heavy atom. The summed E-state index contributed by atoms with van der Waals surface area (Å²) in [7, 11) is 3.24. The highest BCUT2D eigenvalue weighted by Gasteiger charge is 2.41. The van der Waals surface area contributed by atoms with E-state index in [-0.39, 0.29) is 29.2 Å². The van der Waals surface area contributed by atoms with E-state index >= 15 is 0 Å². The van der Waals surface area contributed by atoms with Crippen LogP contribution in [0, 0.1) is 0 Å². The summed E-state index contributed by atoms with van der Waals surface area (Å²) >= 11 is 0. The number of hydrogen-bond acceptors (Lipinski definition) is 7. The highest BCUT2D eigenvalue weighted by molar-refractivity contribution is 6.05. The first kappa shape index (κ1) is 20.9. The molecule has 4 rings (SSSR count). The molecule has 1 saturated carbocycles. The standard InChI is InChI=1S/C22H28N6O3/c1-4-15-22(30)27(2)16-11-25-20(26-21(16)28(15)12-7-5-6-8-12)14-10-9-13(19(24)29)17(23)18(14)31-3/h9-12,15H,4-8,23H2,1-3H3,(H2,24,29). The number of primary amides is 1. The Morgan fingerprint density at radius 2 is 2.00 bits per heavy atom. The van der Waals surface area contributed by atoms with Gasteiger partial charge in [0.25, 0.3) is 5.91 Å². The summed E-state index contributed by atoms with van der Waals surface area (Å²) in [4.78, 5) is 37.9. The summed E-state index contributed by atoms with van der Waals surface area (Å²) in [6, 6.07) is 3.25. The molecular formula is C22H28N6O3. The van der Waals surface area contributed by atoms with Crippen molar-refractivity contribution in [2.75, 3.05) is 29.7 Å². The van der Waals surface area contributed by atoms with Gasteiger partial charge in [-0.1, -0.05) is 19.8 Å². The van der Waals surface area contributed by atoms with Crippen LogP contribution in [0.2, 0.25) is 0 Å². The van der Waals surface area contributed by atoms with E-state index in [1.54, 1.807) is 30.3 Å². The Labute approximate surface area is 181 Å². The number of amides is 2. The maximum Gasteiger partial charge on any atom is 0.250 e. The maximum atomic E-state index is 13.0. The van der Waals surface area contributed by atoms with E-state index in [0.29, 0.717) is 29.2 Å². The van der Waals surface area contributed by atoms with E-state index in [0.717, 1.165) is 31.5 Å². The van der Waals surface area contributed by atoms with Crippen LogP contribution < -0.4 is 26.0 Å². The van der Waals surface area contributed by atoms with Crippen molar-refractivity contribution in [3.05, 3.63) is 23.9 Å². The molecule has 1 atom stereocenters. The highest BCUT2D eigenvalue weighted by Crippen LogP contribution is 2.42. The van der Waals surface area contributed by atoms with Gasteiger partial charge in [0.2, 0.25) is 5.91 Å². The summed E-state index contributed by atoms with van der Waals surface area (Å²) in [6.07, 6.45) is 6.73. The molecule has 2 heterocycles. The van der Waals surface area contributed by atoms with E-state index in [1.165, 1.54) is 7.11 Å². The molecule has 2 aromatic rings. The molecule has 0 spiro atoms. The van der Waals surface area contributed by atoms with Crippen molar-refractivity contribution in [3.63, 3.8) is 0 Å². The van der Waals surface area contributed by atoms with Crippen LogP contribution in [-0.4, -0.2) is 48.0 Å². The number of anilines is 3. The Morgan fingerprint density at radius 1 is 1.29 bits per heavy atom. The number of likely N-dealkylation sites (N-methyl/N-ethyl adjacent to an activating group) is 1. The Bertz CT molecular complexity index is 1030. The van der Waals surface area contributed by atoms with E-state index in [2.05, 4.69) is 9.88 Å². The molecule has 1 aromatic heterocycles. The second-order valence-corrected chi connectivity index (χ2v) is 8.04. The number of benzene rings is 1. The largest absolute Gasteiger partial charge is 0.494 e. The second-order valence-electron chi connectivity index (χ2n) is 8.04. The van der Waals surface area contributed by atoms with Crippen LogP contribution in [0.1, 0.15) is 49.4 Å². The predicted octanol–water partition coefficient (Wildman–Crippen LogP) is 2.34. The monoisotopic (exact) mass is 424 g/mol. The van der Waals surface area contributed by atoms with Crippen molar-refractivity contribution in [1.82, 2.24) is 9.97 Å². The number of nitrogen functional groups attached to an aromatic ring is 1. The lowest BCUT2D eigenvalue weighted by molar-refractivity contribution is -0.120. The molecule has 0 bridgehead atoms. The van der Waals surface area contributed by atoms with Gasteiger partial charge in [-0.25, -0.2) is 9.97 Å². The molecule has 31 heavy (non-hydrogen) atoms. The highest BCUT2D eigenvalue weighted by atomic mass is 16.5. The minimum Gasteiger partial charge on any atom is -0.494 e. The van der Waals surface area contributed by atoms with Crippen molar-refractivity contribution in [2.45, 2.75) is 51.1 Å². The number of hydrogen-bond donors (Lipinski definition) is 2. The van der Waals surface area contributed by atoms with Gasteiger partial charge in [-0.3, -0.25) is 9.59 Å². The molecule has 9 nitrogen and oxygen atoms in total. The zero-order valence-corrected chi connectivity index (χ0v) is 18.1. The van der Waals surface area contributed by atoms with Crippen LogP contribution in [0.25, 0.3) is 11.4 Å². The summed E-state index contributed by atoms with van der Waals surface area (Å²) in [6.45, 7) is 2.03. The topological polar surface area (TPSA) is 128 Å². The van der Waals surface area contributed by atoms with Gasteiger partial charge in [0, 0.05) is 13.1 Å². The van der Waals surface area contributed by atoms with Gasteiger partial charge in [0.15, 0.2) is 17.4 Å². The summed E-state index contributed by atoms with van der Waals surface area (Å²) in [5, 5.41) is 0. The minimum atomic E-state index is -0.632. The first-order valence-electron chi connectivity index (χ1n) is 10.6. The molecule has 1 aliphatic carbocycles. The van der Waals surface area contributed by atoms with E-state index < -0.39 is 5.91 Å². The Balaban J connectivity index is 1.88. The number of fused-ring (bicyclic) bond motifs is 1. The fraction of sp³-hybridized carbons (Fsp3) is 0.455. The summed E-state index contributed by atoms with van der Waals surface area (Å²) < 4.78 is 5.48. The molecule has 0 radical (unpaired) electrons. The van der Waals surface area contributed by atoms with Crippen LogP contribution in [0.15, 0.2) is 18.3 Å². The van der Waals surface area contributed by atoms with Gasteiger partial charge in [-0.15, -0.1) is 0 Å². The average molecular weight is 425 g/mol. The van der Waals surface area contributed by atoms with Crippen molar-refractivity contribution in [2.24, 2.45) is 5.73 Å². The van der Waals surface area contributed by atoms with Crippen LogP contribution in [0.4, 0.5) is 17.2 Å². The lowest BCUT2D eigenvalue weighted by Crippen LogP contribution is -2.55. The number of nitrogens with zero attached hydrogens (tertiary/aromatic N) is 4. The summed E-state index contributed by atoms with van der Waals surface area (Å²) in [5.41, 5.74) is 13.1. The normalized spacial score (nSPS) is 18.9. The molecule has 1 unspecified atom stereocenters. The number of methoxy groups -OCH3 is 1. The van der Waals surface area contributed by atoms with Gasteiger partial charge < -0.3 is 26.0 Å². The van der Waals surface area contributed by atoms with Gasteiger partial charge in [-0.05, 0) is 31.4 Å². The van der Waals surface area contributed by atoms with Crippen LogP contribution in [0.3, 0.4) is 0 Å². The molecule has 1 fully saturated rings. The molecule has 1 aliphatic heterocycles. The van der Waals surface area contributed by atoms with Gasteiger partial charge >= 0.3 is 0 Å². The van der Waals surface area contributed by atoms with Crippen molar-refractivity contribution in [1.29, 1.82) is 0 Å². The van der Waals surface area contributed by atoms with Crippen LogP contribution in [-0.2, 0) is 4.79 Å². The zero-order valence-electron chi connectivity index (χ0n) is 18.1. The minimum absolute atomic E-state index is 0.0610. The van der Waals surface area contributed by atoms with E-state index in [1.807, 2.05) is 6.92 Å². The van der Waals surface area contributed by atoms with Crippen LogP contribution >= 0.6 is 0 Å². The fourth-order valence-electron chi connectivity index (χ4n) is 4.72. The van der Waals surface area contributed by atoms with Crippen molar-refractivity contribution >= 4 is 29.0 Å². The average Bonchev–Trinajstić information content (AvgIpc) is 3.29. The third-order valence-electron chi connectivity index (χ3n) is 6.32. The number of ether oxygens (including phenoxy) is 1. The van der Waals surface area contributed by atoms with Gasteiger partial charge in [0.1, 0.15) is 11.7 Å². The molecule has 4 N–H and O–H groups in total. The first-order chi connectivity index (χ1) is 14.9. The second kappa shape index (κ2) is 8.05. The number of aromatic nitrogens is 2. The maximum absolute atomic E-state index is 13.0. The van der Waals surface area contributed by atoms with Crippen molar-refractivity contribution < 1.29 is 14.3 Å². The lowest BCUT2D eigenvalue weighted by Gasteiger charge is -2.43.